The van der Waals surface area contributed by atoms with Gasteiger partial charge >= 0.3 is 11.9 Å². The van der Waals surface area contributed by atoms with E-state index in [4.69, 9.17) is 14.9 Å². The smallest absolute Gasteiger partial charge is 0.328 e. The molecular formula is C29H29NO5S. The van der Waals surface area contributed by atoms with Crippen LogP contribution in [0.4, 0.5) is 0 Å². The van der Waals surface area contributed by atoms with Gasteiger partial charge in [0.05, 0.1) is 0 Å². The van der Waals surface area contributed by atoms with E-state index in [-0.39, 0.29) is 6.10 Å². The van der Waals surface area contributed by atoms with E-state index in [2.05, 4.69) is 102 Å². The Balaban J connectivity index is 0.000000392. The molecule has 1 aromatic heterocycles. The van der Waals surface area contributed by atoms with Gasteiger partial charge < -0.3 is 19.8 Å². The Bertz CT molecular complexity index is 1250. The highest BCUT2D eigenvalue weighted by Gasteiger charge is 2.17. The average molecular weight is 504 g/mol. The van der Waals surface area contributed by atoms with Gasteiger partial charge in [-0.3, -0.25) is 0 Å². The molecule has 6 nitrogen and oxygen atoms in total. The number of thiophene rings is 1. The summed E-state index contributed by atoms with van der Waals surface area (Å²) in [7, 11) is 2.18. The average Bonchev–Trinajstić information content (AvgIpc) is 3.41. The van der Waals surface area contributed by atoms with Gasteiger partial charge in [-0.25, -0.2) is 9.59 Å². The fourth-order valence-corrected chi connectivity index (χ4v) is 4.43. The van der Waals surface area contributed by atoms with Crippen molar-refractivity contribution in [1.29, 1.82) is 0 Å². The standard InChI is InChI=1S/C25H25NOS.C4H4O4/c1-26(19-20-9-3-2-4-10-20)17-16-24(25-15-8-18-28-25)27-23-14-7-12-21-11-5-6-13-22(21)23;5-3(6)1-2-4(7)8/h2-15,18,24H,16-17,19H2,1H3;1-2H,(H,5,6)(H,7,8)/b;2-1-/t24-;/m0./s1. The lowest BCUT2D eigenvalue weighted by molar-refractivity contribution is -0.134. The van der Waals surface area contributed by atoms with E-state index in [0.717, 1.165) is 25.3 Å². The van der Waals surface area contributed by atoms with Gasteiger partial charge in [0, 0.05) is 41.9 Å². The van der Waals surface area contributed by atoms with Crippen LogP contribution < -0.4 is 4.74 Å². The Morgan fingerprint density at radius 2 is 1.56 bits per heavy atom. The molecule has 4 aromatic rings. The third-order valence-electron chi connectivity index (χ3n) is 5.32. The molecule has 0 spiro atoms. The minimum Gasteiger partial charge on any atom is -0.484 e. The number of hydrogen-bond donors (Lipinski definition) is 2. The van der Waals surface area contributed by atoms with E-state index in [0.29, 0.717) is 12.2 Å². The Morgan fingerprint density at radius 3 is 2.22 bits per heavy atom. The van der Waals surface area contributed by atoms with Gasteiger partial charge in [-0.15, -0.1) is 11.3 Å². The number of hydrogen-bond acceptors (Lipinski definition) is 5. The number of ether oxygens (including phenoxy) is 1. The van der Waals surface area contributed by atoms with Crippen molar-refractivity contribution in [3.8, 4) is 5.75 Å². The lowest BCUT2D eigenvalue weighted by Crippen LogP contribution is -2.22. The predicted molar refractivity (Wildman–Crippen MR) is 143 cm³/mol. The van der Waals surface area contributed by atoms with E-state index in [9.17, 15) is 9.59 Å². The first-order valence-electron chi connectivity index (χ1n) is 11.5. The van der Waals surface area contributed by atoms with E-state index < -0.39 is 11.9 Å². The summed E-state index contributed by atoms with van der Waals surface area (Å²) in [4.78, 5) is 22.7. The first kappa shape index (κ1) is 26.7. The molecule has 0 unspecified atom stereocenters. The Kier molecular flexibility index (Phi) is 10.2. The number of aliphatic carboxylic acids is 2. The molecular weight excluding hydrogens is 474 g/mol. The van der Waals surface area contributed by atoms with Crippen molar-refractivity contribution in [2.24, 2.45) is 0 Å². The van der Waals surface area contributed by atoms with Crippen molar-refractivity contribution < 1.29 is 24.5 Å². The molecule has 186 valence electrons. The summed E-state index contributed by atoms with van der Waals surface area (Å²) in [5, 5.41) is 20.1. The summed E-state index contributed by atoms with van der Waals surface area (Å²) in [5.74, 6) is -1.55. The summed E-state index contributed by atoms with van der Waals surface area (Å²) < 4.78 is 6.56. The van der Waals surface area contributed by atoms with E-state index >= 15 is 0 Å². The SMILES string of the molecule is CN(CC[C@H](Oc1cccc2ccccc12)c1cccs1)Cc1ccccc1.O=C(O)/C=C\C(=O)O. The fourth-order valence-electron chi connectivity index (χ4n) is 3.64. The molecule has 0 bridgehead atoms. The van der Waals surface area contributed by atoms with Crippen molar-refractivity contribution in [2.75, 3.05) is 13.6 Å². The summed E-state index contributed by atoms with van der Waals surface area (Å²) in [6.07, 6.45) is 2.13. The van der Waals surface area contributed by atoms with Crippen LogP contribution in [0.2, 0.25) is 0 Å². The lowest BCUT2D eigenvalue weighted by atomic mass is 10.1. The molecule has 0 saturated heterocycles. The minimum absolute atomic E-state index is 0.0593. The third-order valence-corrected chi connectivity index (χ3v) is 6.28. The van der Waals surface area contributed by atoms with Crippen molar-refractivity contribution in [2.45, 2.75) is 19.1 Å². The monoisotopic (exact) mass is 503 g/mol. The number of fused-ring (bicyclic) bond motifs is 1. The summed E-state index contributed by atoms with van der Waals surface area (Å²) in [6, 6.07) is 29.6. The van der Waals surface area contributed by atoms with Crippen molar-refractivity contribution in [1.82, 2.24) is 4.90 Å². The minimum atomic E-state index is -1.26. The molecule has 0 fully saturated rings. The van der Waals surface area contributed by atoms with E-state index in [1.54, 1.807) is 11.3 Å². The zero-order chi connectivity index (χ0) is 25.8. The Labute approximate surface area is 214 Å². The summed E-state index contributed by atoms with van der Waals surface area (Å²) in [5.41, 5.74) is 1.34. The largest absolute Gasteiger partial charge is 0.484 e. The first-order chi connectivity index (χ1) is 17.4. The molecule has 3 aromatic carbocycles. The molecule has 0 radical (unpaired) electrons. The second-order valence-electron chi connectivity index (χ2n) is 8.12. The van der Waals surface area contributed by atoms with Gasteiger partial charge in [0.15, 0.2) is 0 Å². The topological polar surface area (TPSA) is 87.1 Å². The highest BCUT2D eigenvalue weighted by atomic mass is 32.1. The maximum atomic E-state index is 9.55. The predicted octanol–water partition coefficient (Wildman–Crippen LogP) is 6.26. The molecule has 0 aliphatic rings. The number of benzene rings is 3. The fraction of sp³-hybridized carbons (Fsp3) is 0.172. The molecule has 0 saturated carbocycles. The van der Waals surface area contributed by atoms with Crippen LogP contribution in [0.1, 0.15) is 23.0 Å². The van der Waals surface area contributed by atoms with Gasteiger partial charge in [-0.05, 0) is 35.5 Å². The molecule has 36 heavy (non-hydrogen) atoms. The van der Waals surface area contributed by atoms with Crippen molar-refractivity contribution in [3.05, 3.63) is 113 Å². The molecule has 0 amide bonds. The second-order valence-corrected chi connectivity index (χ2v) is 9.10. The molecule has 2 N–H and O–H groups in total. The first-order valence-corrected chi connectivity index (χ1v) is 12.3. The van der Waals surface area contributed by atoms with Gasteiger partial charge in [0.25, 0.3) is 0 Å². The van der Waals surface area contributed by atoms with E-state index in [1.807, 2.05) is 0 Å². The van der Waals surface area contributed by atoms with Crippen LogP contribution in [-0.2, 0) is 16.1 Å². The molecule has 1 heterocycles. The number of rotatable bonds is 10. The number of carbonyl (C=O) groups is 2. The third kappa shape index (κ3) is 8.69. The lowest BCUT2D eigenvalue weighted by Gasteiger charge is -2.23. The molecule has 0 aliphatic heterocycles. The molecule has 7 heteroatoms. The molecule has 4 rings (SSSR count). The van der Waals surface area contributed by atoms with Crippen LogP contribution in [0.5, 0.6) is 5.75 Å². The quantitative estimate of drug-likeness (QED) is 0.249. The van der Waals surface area contributed by atoms with Crippen LogP contribution in [0.15, 0.2) is 102 Å². The highest BCUT2D eigenvalue weighted by molar-refractivity contribution is 7.10. The number of nitrogens with zero attached hydrogens (tertiary/aromatic N) is 1. The molecule has 0 aliphatic carbocycles. The van der Waals surface area contributed by atoms with Crippen LogP contribution >= 0.6 is 11.3 Å². The zero-order valence-corrected chi connectivity index (χ0v) is 20.8. The van der Waals surface area contributed by atoms with Gasteiger partial charge in [0.1, 0.15) is 11.9 Å². The van der Waals surface area contributed by atoms with Gasteiger partial charge in [-0.2, -0.15) is 0 Å². The second kappa shape index (κ2) is 13.8. The Morgan fingerprint density at radius 1 is 0.889 bits per heavy atom. The van der Waals surface area contributed by atoms with Crippen LogP contribution in [0.25, 0.3) is 10.8 Å². The highest BCUT2D eigenvalue weighted by Crippen LogP contribution is 2.33. The number of carboxylic acids is 2. The zero-order valence-electron chi connectivity index (χ0n) is 20.0. The van der Waals surface area contributed by atoms with Gasteiger partial charge in [-0.1, -0.05) is 72.8 Å². The maximum Gasteiger partial charge on any atom is 0.328 e. The van der Waals surface area contributed by atoms with Crippen molar-refractivity contribution >= 4 is 34.0 Å². The van der Waals surface area contributed by atoms with Gasteiger partial charge in [0.2, 0.25) is 0 Å². The number of carboxylic acid groups (broad SMARTS) is 2. The van der Waals surface area contributed by atoms with Crippen LogP contribution in [0.3, 0.4) is 0 Å². The van der Waals surface area contributed by atoms with Crippen LogP contribution in [0, 0.1) is 0 Å². The Hall–Kier alpha value is -3.94. The normalized spacial score (nSPS) is 11.7. The summed E-state index contributed by atoms with van der Waals surface area (Å²) in [6.45, 7) is 1.93. The maximum absolute atomic E-state index is 9.55. The van der Waals surface area contributed by atoms with Crippen LogP contribution in [-0.4, -0.2) is 40.6 Å². The molecule has 1 atom stereocenters. The van der Waals surface area contributed by atoms with Crippen molar-refractivity contribution in [3.63, 3.8) is 0 Å². The van der Waals surface area contributed by atoms with E-state index in [1.165, 1.54) is 21.2 Å². The summed E-state index contributed by atoms with van der Waals surface area (Å²) >= 11 is 1.77.